The first-order valence-corrected chi connectivity index (χ1v) is 8.32. The molecule has 1 aliphatic rings. The van der Waals surface area contributed by atoms with Gasteiger partial charge in [-0.25, -0.2) is 0 Å². The smallest absolute Gasteiger partial charge is 0.291 e. The molecule has 2 heterocycles. The van der Waals surface area contributed by atoms with Crippen LogP contribution in [0.1, 0.15) is 46.7 Å². The first kappa shape index (κ1) is 15.8. The SMILES string of the molecule is Cc1cccc(C)c1NC(=O)c1ccc(CN2CCCCC2)o1. The van der Waals surface area contributed by atoms with Crippen molar-refractivity contribution in [3.8, 4) is 0 Å². The van der Waals surface area contributed by atoms with Crippen LogP contribution in [-0.2, 0) is 6.54 Å². The maximum Gasteiger partial charge on any atom is 0.291 e. The summed E-state index contributed by atoms with van der Waals surface area (Å²) in [6.07, 6.45) is 3.82. The molecule has 0 saturated carbocycles. The summed E-state index contributed by atoms with van der Waals surface area (Å²) in [5, 5.41) is 2.97. The number of anilines is 1. The second-order valence-corrected chi connectivity index (χ2v) is 6.32. The van der Waals surface area contributed by atoms with Crippen LogP contribution in [-0.4, -0.2) is 23.9 Å². The highest BCUT2D eigenvalue weighted by atomic mass is 16.4. The lowest BCUT2D eigenvalue weighted by Crippen LogP contribution is -2.28. The van der Waals surface area contributed by atoms with E-state index in [1.54, 1.807) is 6.07 Å². The van der Waals surface area contributed by atoms with Crippen LogP contribution in [0.25, 0.3) is 0 Å². The van der Waals surface area contributed by atoms with Gasteiger partial charge in [0.15, 0.2) is 5.76 Å². The number of hydrogen-bond acceptors (Lipinski definition) is 3. The molecule has 0 aliphatic carbocycles. The summed E-state index contributed by atoms with van der Waals surface area (Å²) in [6.45, 7) is 7.00. The topological polar surface area (TPSA) is 45.5 Å². The lowest BCUT2D eigenvalue weighted by molar-refractivity contribution is 0.0992. The van der Waals surface area contributed by atoms with Gasteiger partial charge in [-0.2, -0.15) is 0 Å². The van der Waals surface area contributed by atoms with Crippen LogP contribution in [0, 0.1) is 13.8 Å². The highest BCUT2D eigenvalue weighted by Gasteiger charge is 2.16. The van der Waals surface area contributed by atoms with Crippen molar-refractivity contribution < 1.29 is 9.21 Å². The Morgan fingerprint density at radius 2 is 1.78 bits per heavy atom. The summed E-state index contributed by atoms with van der Waals surface area (Å²) < 4.78 is 5.75. The summed E-state index contributed by atoms with van der Waals surface area (Å²) in [5.41, 5.74) is 2.98. The fourth-order valence-corrected chi connectivity index (χ4v) is 3.11. The molecule has 0 unspecified atom stereocenters. The minimum absolute atomic E-state index is 0.188. The summed E-state index contributed by atoms with van der Waals surface area (Å²) in [5.74, 6) is 1.05. The number of rotatable bonds is 4. The number of carbonyl (C=O) groups is 1. The monoisotopic (exact) mass is 312 g/mol. The van der Waals surface area contributed by atoms with E-state index >= 15 is 0 Å². The molecule has 1 aliphatic heterocycles. The van der Waals surface area contributed by atoms with Crippen molar-refractivity contribution in [2.45, 2.75) is 39.7 Å². The van der Waals surface area contributed by atoms with Gasteiger partial charge in [0.05, 0.1) is 6.54 Å². The molecule has 0 spiro atoms. The Morgan fingerprint density at radius 3 is 2.48 bits per heavy atom. The van der Waals surface area contributed by atoms with E-state index in [1.807, 2.05) is 38.1 Å². The predicted molar refractivity (Wildman–Crippen MR) is 91.7 cm³/mol. The number of para-hydroxylation sites is 1. The molecule has 4 heteroatoms. The molecule has 1 aromatic heterocycles. The van der Waals surface area contributed by atoms with Crippen molar-refractivity contribution in [1.29, 1.82) is 0 Å². The highest BCUT2D eigenvalue weighted by molar-refractivity contribution is 6.03. The van der Waals surface area contributed by atoms with Crippen molar-refractivity contribution >= 4 is 11.6 Å². The molecule has 4 nitrogen and oxygen atoms in total. The van der Waals surface area contributed by atoms with Crippen molar-refractivity contribution in [1.82, 2.24) is 4.90 Å². The summed E-state index contributed by atoms with van der Waals surface area (Å²) in [4.78, 5) is 14.8. The maximum atomic E-state index is 12.4. The van der Waals surface area contributed by atoms with E-state index in [-0.39, 0.29) is 5.91 Å². The van der Waals surface area contributed by atoms with Crippen molar-refractivity contribution in [2.75, 3.05) is 18.4 Å². The van der Waals surface area contributed by atoms with Gasteiger partial charge in [-0.05, 0) is 63.0 Å². The van der Waals surface area contributed by atoms with E-state index < -0.39 is 0 Å². The van der Waals surface area contributed by atoms with Gasteiger partial charge in [0.2, 0.25) is 0 Å². The normalized spacial score (nSPS) is 15.6. The van der Waals surface area contributed by atoms with E-state index in [0.29, 0.717) is 5.76 Å². The van der Waals surface area contributed by atoms with Crippen molar-refractivity contribution in [3.05, 3.63) is 53.0 Å². The fourth-order valence-electron chi connectivity index (χ4n) is 3.11. The lowest BCUT2D eigenvalue weighted by atomic mass is 10.1. The number of hydrogen-bond donors (Lipinski definition) is 1. The Bertz CT molecular complexity index is 664. The number of nitrogens with zero attached hydrogens (tertiary/aromatic N) is 1. The van der Waals surface area contributed by atoms with Gasteiger partial charge >= 0.3 is 0 Å². The number of piperidine rings is 1. The number of aryl methyl sites for hydroxylation is 2. The number of nitrogens with one attached hydrogen (secondary N) is 1. The molecule has 1 amide bonds. The number of furan rings is 1. The average Bonchev–Trinajstić information content (AvgIpc) is 3.00. The van der Waals surface area contributed by atoms with E-state index in [9.17, 15) is 4.79 Å². The molecule has 1 saturated heterocycles. The van der Waals surface area contributed by atoms with Gasteiger partial charge in [-0.15, -0.1) is 0 Å². The van der Waals surface area contributed by atoms with Crippen LogP contribution < -0.4 is 5.32 Å². The van der Waals surface area contributed by atoms with Crippen LogP contribution in [0.4, 0.5) is 5.69 Å². The highest BCUT2D eigenvalue weighted by Crippen LogP contribution is 2.21. The second kappa shape index (κ2) is 7.01. The molecule has 1 fully saturated rings. The molecule has 2 aromatic rings. The third kappa shape index (κ3) is 3.82. The van der Waals surface area contributed by atoms with Crippen LogP contribution in [0.2, 0.25) is 0 Å². The fraction of sp³-hybridized carbons (Fsp3) is 0.421. The molecule has 1 N–H and O–H groups in total. The zero-order chi connectivity index (χ0) is 16.2. The number of likely N-dealkylation sites (tertiary alicyclic amines) is 1. The van der Waals surface area contributed by atoms with Crippen molar-refractivity contribution in [3.63, 3.8) is 0 Å². The third-order valence-electron chi connectivity index (χ3n) is 4.43. The Balaban J connectivity index is 1.66. The molecule has 0 bridgehead atoms. The molecule has 122 valence electrons. The zero-order valence-electron chi connectivity index (χ0n) is 13.9. The largest absolute Gasteiger partial charge is 0.455 e. The second-order valence-electron chi connectivity index (χ2n) is 6.32. The lowest BCUT2D eigenvalue weighted by Gasteiger charge is -2.25. The molecule has 0 atom stereocenters. The van der Waals surface area contributed by atoms with Gasteiger partial charge < -0.3 is 9.73 Å². The van der Waals surface area contributed by atoms with Gasteiger partial charge in [-0.1, -0.05) is 24.6 Å². The van der Waals surface area contributed by atoms with Crippen LogP contribution in [0.5, 0.6) is 0 Å². The van der Waals surface area contributed by atoms with Gasteiger partial charge in [0.25, 0.3) is 5.91 Å². The molecular formula is C19H24N2O2. The van der Waals surface area contributed by atoms with Crippen LogP contribution >= 0.6 is 0 Å². The van der Waals surface area contributed by atoms with Crippen LogP contribution in [0.3, 0.4) is 0 Å². The average molecular weight is 312 g/mol. The predicted octanol–water partition coefficient (Wildman–Crippen LogP) is 4.13. The Labute approximate surface area is 137 Å². The molecule has 0 radical (unpaired) electrons. The minimum atomic E-state index is -0.188. The summed E-state index contributed by atoms with van der Waals surface area (Å²) >= 11 is 0. The molecular weight excluding hydrogens is 288 g/mol. The van der Waals surface area contributed by atoms with E-state index in [4.69, 9.17) is 4.42 Å². The van der Waals surface area contributed by atoms with Gasteiger partial charge in [0, 0.05) is 5.69 Å². The summed E-state index contributed by atoms with van der Waals surface area (Å²) in [6, 6.07) is 9.65. The molecule has 1 aromatic carbocycles. The van der Waals surface area contributed by atoms with Gasteiger partial charge in [0.1, 0.15) is 5.76 Å². The maximum absolute atomic E-state index is 12.4. The van der Waals surface area contributed by atoms with Crippen molar-refractivity contribution in [2.24, 2.45) is 0 Å². The minimum Gasteiger partial charge on any atom is -0.455 e. The van der Waals surface area contributed by atoms with Gasteiger partial charge in [-0.3, -0.25) is 9.69 Å². The molecule has 3 rings (SSSR count). The van der Waals surface area contributed by atoms with Crippen LogP contribution in [0.15, 0.2) is 34.7 Å². The quantitative estimate of drug-likeness (QED) is 0.923. The first-order valence-electron chi connectivity index (χ1n) is 8.32. The standard InChI is InChI=1S/C19H24N2O2/c1-14-7-6-8-15(2)18(14)20-19(22)17-10-9-16(23-17)13-21-11-4-3-5-12-21/h6-10H,3-5,11-13H2,1-2H3,(H,20,22). The number of benzene rings is 1. The van der Waals surface area contributed by atoms with E-state index in [1.165, 1.54) is 19.3 Å². The van der Waals surface area contributed by atoms with E-state index in [0.717, 1.165) is 42.2 Å². The number of carbonyl (C=O) groups excluding carboxylic acids is 1. The van der Waals surface area contributed by atoms with E-state index in [2.05, 4.69) is 10.2 Å². The summed E-state index contributed by atoms with van der Waals surface area (Å²) in [7, 11) is 0. The zero-order valence-corrected chi connectivity index (χ0v) is 13.9. The Kier molecular flexibility index (Phi) is 4.82. The Morgan fingerprint density at radius 1 is 1.09 bits per heavy atom. The molecule has 23 heavy (non-hydrogen) atoms. The first-order chi connectivity index (χ1) is 11.1. The Hall–Kier alpha value is -2.07. The number of amides is 1. The third-order valence-corrected chi connectivity index (χ3v) is 4.43.